The molecule has 2 amide bonds. The van der Waals surface area contributed by atoms with Crippen LogP contribution in [0.15, 0.2) is 85.1 Å². The topological polar surface area (TPSA) is 96.9 Å². The van der Waals surface area contributed by atoms with E-state index in [9.17, 15) is 4.79 Å². The summed E-state index contributed by atoms with van der Waals surface area (Å²) in [6, 6.07) is 26.0. The first kappa shape index (κ1) is 27.0. The highest BCUT2D eigenvalue weighted by atomic mass is 16.5. The van der Waals surface area contributed by atoms with E-state index in [1.54, 1.807) is 7.11 Å². The monoisotopic (exact) mass is 536 g/mol. The third-order valence-electron chi connectivity index (χ3n) is 6.97. The van der Waals surface area contributed by atoms with Crippen molar-refractivity contribution in [1.29, 1.82) is 0 Å². The molecule has 5 rings (SSSR count). The Labute approximate surface area is 234 Å². The summed E-state index contributed by atoms with van der Waals surface area (Å²) >= 11 is 0. The summed E-state index contributed by atoms with van der Waals surface area (Å²) in [7, 11) is 1.66. The van der Waals surface area contributed by atoms with Crippen LogP contribution in [0.25, 0.3) is 10.9 Å². The number of carbonyl (C=O) groups is 1. The number of amides is 2. The van der Waals surface area contributed by atoms with E-state index in [0.717, 1.165) is 52.3 Å². The summed E-state index contributed by atoms with van der Waals surface area (Å²) in [5.41, 5.74) is 4.51. The number of hydrogen-bond acceptors (Lipinski definition) is 4. The first-order valence-corrected chi connectivity index (χ1v) is 13.7. The number of nitrogens with zero attached hydrogens (tertiary/aromatic N) is 3. The molecule has 3 N–H and O–H groups in total. The average molecular weight is 537 g/mol. The van der Waals surface area contributed by atoms with Crippen LogP contribution in [-0.2, 0) is 25.8 Å². The molecule has 0 fully saturated rings. The van der Waals surface area contributed by atoms with Crippen LogP contribution < -0.4 is 15.4 Å². The molecule has 0 aliphatic rings. The molecule has 8 nitrogen and oxygen atoms in total. The van der Waals surface area contributed by atoms with Crippen LogP contribution >= 0.6 is 0 Å². The van der Waals surface area contributed by atoms with E-state index < -0.39 is 6.04 Å². The Morgan fingerprint density at radius 3 is 2.40 bits per heavy atom. The van der Waals surface area contributed by atoms with Crippen molar-refractivity contribution >= 4 is 16.9 Å². The van der Waals surface area contributed by atoms with E-state index in [1.165, 1.54) is 5.56 Å². The van der Waals surface area contributed by atoms with E-state index in [-0.39, 0.29) is 12.1 Å². The molecule has 0 bridgehead atoms. The number of ether oxygens (including phenoxy) is 1. The van der Waals surface area contributed by atoms with Crippen LogP contribution in [0.1, 0.15) is 48.2 Å². The lowest BCUT2D eigenvalue weighted by atomic mass is 10.0. The molecule has 1 atom stereocenters. The fraction of sp³-hybridized carbons (Fsp3) is 0.281. The standard InChI is InChI=1S/C32H36N6O2/c1-22(2)34-32(39)35-29(19-25-20-33-28-12-8-7-11-27(25)28)31-37-36-30(18-15-23-9-5-4-6-10-23)38(31)21-24-13-16-26(40-3)17-14-24/h4-14,16-17,20,22,29,33H,15,18-19,21H2,1-3H3,(H2,34,35,39)/t29-/m1/s1. The first-order chi connectivity index (χ1) is 19.5. The molecule has 0 radical (unpaired) electrons. The van der Waals surface area contributed by atoms with Crippen molar-refractivity contribution in [3.8, 4) is 5.75 Å². The molecular weight excluding hydrogens is 500 g/mol. The zero-order chi connectivity index (χ0) is 27.9. The fourth-order valence-corrected chi connectivity index (χ4v) is 4.97. The second kappa shape index (κ2) is 12.5. The van der Waals surface area contributed by atoms with Gasteiger partial charge in [0.05, 0.1) is 19.7 Å². The van der Waals surface area contributed by atoms with Crippen molar-refractivity contribution in [3.63, 3.8) is 0 Å². The second-order valence-corrected chi connectivity index (χ2v) is 10.3. The minimum atomic E-state index is -0.394. The lowest BCUT2D eigenvalue weighted by Crippen LogP contribution is -2.42. The second-order valence-electron chi connectivity index (χ2n) is 10.3. The van der Waals surface area contributed by atoms with Crippen molar-refractivity contribution in [3.05, 3.63) is 113 Å². The molecule has 0 spiro atoms. The minimum Gasteiger partial charge on any atom is -0.497 e. The maximum atomic E-state index is 13.0. The summed E-state index contributed by atoms with van der Waals surface area (Å²) in [6.45, 7) is 4.47. The number of aromatic nitrogens is 4. The number of rotatable bonds is 11. The van der Waals surface area contributed by atoms with Gasteiger partial charge in [-0.05, 0) is 55.2 Å². The smallest absolute Gasteiger partial charge is 0.315 e. The molecule has 206 valence electrons. The third-order valence-corrected chi connectivity index (χ3v) is 6.97. The van der Waals surface area contributed by atoms with Gasteiger partial charge in [0.15, 0.2) is 5.82 Å². The third kappa shape index (κ3) is 6.51. The highest BCUT2D eigenvalue weighted by Gasteiger charge is 2.25. The van der Waals surface area contributed by atoms with Crippen molar-refractivity contribution in [2.75, 3.05) is 7.11 Å². The van der Waals surface area contributed by atoms with E-state index in [1.807, 2.05) is 50.4 Å². The van der Waals surface area contributed by atoms with Gasteiger partial charge >= 0.3 is 6.03 Å². The number of para-hydroxylation sites is 1. The van der Waals surface area contributed by atoms with Gasteiger partial charge in [-0.2, -0.15) is 0 Å². The Morgan fingerprint density at radius 2 is 1.65 bits per heavy atom. The molecule has 0 saturated heterocycles. The van der Waals surface area contributed by atoms with Gasteiger partial charge in [0.2, 0.25) is 0 Å². The Balaban J connectivity index is 1.51. The number of nitrogens with one attached hydrogen (secondary N) is 3. The van der Waals surface area contributed by atoms with Gasteiger partial charge in [-0.25, -0.2) is 4.79 Å². The molecule has 40 heavy (non-hydrogen) atoms. The number of aromatic amines is 1. The van der Waals surface area contributed by atoms with Crippen molar-refractivity contribution in [2.24, 2.45) is 0 Å². The number of hydrogen-bond donors (Lipinski definition) is 3. The van der Waals surface area contributed by atoms with E-state index >= 15 is 0 Å². The Bertz CT molecular complexity index is 1540. The summed E-state index contributed by atoms with van der Waals surface area (Å²) in [6.07, 6.45) is 4.15. The highest BCUT2D eigenvalue weighted by Crippen LogP contribution is 2.26. The van der Waals surface area contributed by atoms with Crippen molar-refractivity contribution in [1.82, 2.24) is 30.4 Å². The molecule has 8 heteroatoms. The summed E-state index contributed by atoms with van der Waals surface area (Å²) in [4.78, 5) is 16.3. The van der Waals surface area contributed by atoms with Gasteiger partial charge in [-0.15, -0.1) is 10.2 Å². The summed E-state index contributed by atoms with van der Waals surface area (Å²) in [5.74, 6) is 2.41. The number of urea groups is 1. The quantitative estimate of drug-likeness (QED) is 0.205. The number of H-pyrrole nitrogens is 1. The summed E-state index contributed by atoms with van der Waals surface area (Å²) < 4.78 is 7.51. The molecule has 0 aliphatic carbocycles. The highest BCUT2D eigenvalue weighted by molar-refractivity contribution is 5.83. The minimum absolute atomic E-state index is 0.00680. The zero-order valence-electron chi connectivity index (χ0n) is 23.2. The Morgan fingerprint density at radius 1 is 0.900 bits per heavy atom. The maximum absolute atomic E-state index is 13.0. The molecule has 0 unspecified atom stereocenters. The molecule has 2 aromatic heterocycles. The van der Waals surface area contributed by atoms with Crippen LogP contribution in [0.4, 0.5) is 4.79 Å². The zero-order valence-corrected chi connectivity index (χ0v) is 23.2. The number of methoxy groups -OCH3 is 1. The SMILES string of the molecule is COc1ccc(Cn2c(CCc3ccccc3)nnc2[C@@H](Cc2c[nH]c3ccccc23)NC(=O)NC(C)C)cc1. The number of carbonyl (C=O) groups excluding carboxylic acids is 1. The van der Waals surface area contributed by atoms with Crippen LogP contribution in [0, 0.1) is 0 Å². The Kier molecular flexibility index (Phi) is 8.44. The van der Waals surface area contributed by atoms with Gasteiger partial charge < -0.3 is 24.9 Å². The molecular formula is C32H36N6O2. The van der Waals surface area contributed by atoms with Gasteiger partial charge in [-0.1, -0.05) is 60.7 Å². The molecule has 2 heterocycles. The predicted molar refractivity (Wildman–Crippen MR) is 158 cm³/mol. The van der Waals surface area contributed by atoms with Crippen molar-refractivity contribution in [2.45, 2.75) is 51.7 Å². The van der Waals surface area contributed by atoms with Gasteiger partial charge in [-0.3, -0.25) is 0 Å². The van der Waals surface area contributed by atoms with Gasteiger partial charge in [0.1, 0.15) is 11.6 Å². The van der Waals surface area contributed by atoms with E-state index in [0.29, 0.717) is 13.0 Å². The van der Waals surface area contributed by atoms with E-state index in [2.05, 4.69) is 78.9 Å². The van der Waals surface area contributed by atoms with Crippen LogP contribution in [-0.4, -0.2) is 38.9 Å². The summed E-state index contributed by atoms with van der Waals surface area (Å²) in [5, 5.41) is 16.6. The molecule has 3 aromatic carbocycles. The number of benzene rings is 3. The predicted octanol–water partition coefficient (Wildman–Crippen LogP) is 5.59. The van der Waals surface area contributed by atoms with E-state index in [4.69, 9.17) is 4.74 Å². The van der Waals surface area contributed by atoms with Gasteiger partial charge in [0, 0.05) is 36.0 Å². The van der Waals surface area contributed by atoms with Crippen LogP contribution in [0.5, 0.6) is 5.75 Å². The first-order valence-electron chi connectivity index (χ1n) is 13.7. The molecule has 0 aliphatic heterocycles. The molecule has 0 saturated carbocycles. The number of aryl methyl sites for hydroxylation is 2. The molecule has 5 aromatic rings. The lowest BCUT2D eigenvalue weighted by Gasteiger charge is -2.21. The van der Waals surface area contributed by atoms with Gasteiger partial charge in [0.25, 0.3) is 0 Å². The van der Waals surface area contributed by atoms with Crippen molar-refractivity contribution < 1.29 is 9.53 Å². The van der Waals surface area contributed by atoms with Crippen LogP contribution in [0.3, 0.4) is 0 Å². The Hall–Kier alpha value is -4.59. The lowest BCUT2D eigenvalue weighted by molar-refractivity contribution is 0.233. The van der Waals surface area contributed by atoms with Crippen LogP contribution in [0.2, 0.25) is 0 Å². The largest absolute Gasteiger partial charge is 0.497 e. The number of fused-ring (bicyclic) bond motifs is 1. The fourth-order valence-electron chi connectivity index (χ4n) is 4.97. The average Bonchev–Trinajstić information content (AvgIpc) is 3.56. The normalized spacial score (nSPS) is 12.0. The maximum Gasteiger partial charge on any atom is 0.315 e.